The van der Waals surface area contributed by atoms with Crippen LogP contribution in [-0.2, 0) is 6.42 Å². The Labute approximate surface area is 136 Å². The third kappa shape index (κ3) is 2.83. The average Bonchev–Trinajstić information content (AvgIpc) is 3.00. The van der Waals surface area contributed by atoms with E-state index < -0.39 is 0 Å². The number of thioether (sulfide) groups is 1. The van der Waals surface area contributed by atoms with Gasteiger partial charge >= 0.3 is 0 Å². The molecule has 1 aliphatic heterocycles. The van der Waals surface area contributed by atoms with Gasteiger partial charge in [-0.2, -0.15) is 9.78 Å². The lowest BCUT2D eigenvalue weighted by Crippen LogP contribution is -2.14. The van der Waals surface area contributed by atoms with Gasteiger partial charge in [-0.25, -0.2) is 0 Å². The molecule has 0 saturated carbocycles. The van der Waals surface area contributed by atoms with Crippen molar-refractivity contribution in [3.05, 3.63) is 65.7 Å². The van der Waals surface area contributed by atoms with E-state index in [0.29, 0.717) is 6.42 Å². The number of aromatic nitrogens is 4. The fraction of sp³-hybridized carbons (Fsp3) is 0.125. The number of rotatable bonds is 3. The Bertz CT molecular complexity index is 858. The van der Waals surface area contributed by atoms with Gasteiger partial charge in [-0.05, 0) is 29.8 Å². The molecule has 3 heterocycles. The van der Waals surface area contributed by atoms with Gasteiger partial charge in [0.2, 0.25) is 5.16 Å². The molecule has 0 bridgehead atoms. The molecule has 114 valence electrons. The highest BCUT2D eigenvalue weighted by atomic mass is 32.2. The monoisotopic (exact) mass is 323 g/mol. The van der Waals surface area contributed by atoms with E-state index in [4.69, 9.17) is 5.10 Å². The fourth-order valence-electron chi connectivity index (χ4n) is 2.36. The summed E-state index contributed by atoms with van der Waals surface area (Å²) in [6, 6.07) is 11.0. The van der Waals surface area contributed by atoms with Crippen molar-refractivity contribution >= 4 is 17.5 Å². The number of pyridine rings is 1. The van der Waals surface area contributed by atoms with Crippen LogP contribution in [0.1, 0.15) is 17.0 Å². The molecule has 0 radical (unpaired) electrons. The molecule has 0 unspecified atom stereocenters. The second-order valence-electron chi connectivity index (χ2n) is 5.13. The van der Waals surface area contributed by atoms with Crippen molar-refractivity contribution in [1.29, 1.82) is 0 Å². The van der Waals surface area contributed by atoms with Crippen LogP contribution < -0.4 is 0 Å². The van der Waals surface area contributed by atoms with Crippen LogP contribution in [0.2, 0.25) is 0 Å². The van der Waals surface area contributed by atoms with Gasteiger partial charge < -0.3 is 5.11 Å². The van der Waals surface area contributed by atoms with Crippen LogP contribution in [-0.4, -0.2) is 36.4 Å². The summed E-state index contributed by atoms with van der Waals surface area (Å²) in [6.07, 6.45) is 4.14. The molecule has 0 spiro atoms. The number of fused-ring (bicyclic) bond motifs is 1. The van der Waals surface area contributed by atoms with Gasteiger partial charge in [-0.3, -0.25) is 4.98 Å². The van der Waals surface area contributed by atoms with E-state index in [1.807, 2.05) is 24.3 Å². The van der Waals surface area contributed by atoms with Gasteiger partial charge in [0.25, 0.3) is 0 Å². The molecular formula is C16H13N5OS. The molecule has 7 heteroatoms. The molecular weight excluding hydrogens is 310 g/mol. The number of nitrogens with zero attached hydrogens (tertiary/aromatic N) is 5. The van der Waals surface area contributed by atoms with Crippen LogP contribution in [0, 0.1) is 0 Å². The zero-order chi connectivity index (χ0) is 15.6. The first kappa shape index (κ1) is 14.0. The Morgan fingerprint density at radius 3 is 2.61 bits per heavy atom. The topological polar surface area (TPSA) is 76.2 Å². The Hall–Kier alpha value is -2.67. The van der Waals surface area contributed by atoms with Gasteiger partial charge in [-0.15, -0.1) is 10.2 Å². The largest absolute Gasteiger partial charge is 0.508 e. The minimum atomic E-state index is 0.255. The van der Waals surface area contributed by atoms with Crippen molar-refractivity contribution in [2.75, 3.05) is 5.75 Å². The third-order valence-electron chi connectivity index (χ3n) is 3.55. The number of phenolic OH excluding ortho intramolecular Hbond substituents is 1. The van der Waals surface area contributed by atoms with Crippen LogP contribution in [0.3, 0.4) is 0 Å². The SMILES string of the molecule is Oc1ccc(Cc2nnc3n2N=C(c2ccncc2)CS3)cc1. The molecule has 0 atom stereocenters. The molecule has 2 aromatic heterocycles. The highest BCUT2D eigenvalue weighted by molar-refractivity contribution is 7.99. The van der Waals surface area contributed by atoms with Crippen LogP contribution in [0.5, 0.6) is 5.75 Å². The maximum absolute atomic E-state index is 9.37. The zero-order valence-electron chi connectivity index (χ0n) is 12.1. The maximum Gasteiger partial charge on any atom is 0.212 e. The van der Waals surface area contributed by atoms with Crippen molar-refractivity contribution in [3.8, 4) is 5.75 Å². The van der Waals surface area contributed by atoms with E-state index in [0.717, 1.165) is 33.6 Å². The first-order chi connectivity index (χ1) is 11.3. The van der Waals surface area contributed by atoms with Crippen LogP contribution in [0.15, 0.2) is 59.0 Å². The van der Waals surface area contributed by atoms with Crippen molar-refractivity contribution in [1.82, 2.24) is 19.9 Å². The summed E-state index contributed by atoms with van der Waals surface area (Å²) in [5, 5.41) is 23.3. The molecule has 0 amide bonds. The van der Waals surface area contributed by atoms with Crippen LogP contribution >= 0.6 is 11.8 Å². The average molecular weight is 323 g/mol. The van der Waals surface area contributed by atoms with Gasteiger partial charge in [0.15, 0.2) is 5.82 Å². The van der Waals surface area contributed by atoms with Crippen molar-refractivity contribution < 1.29 is 5.11 Å². The molecule has 0 aliphatic carbocycles. The predicted octanol–water partition coefficient (Wildman–Crippen LogP) is 2.33. The summed E-state index contributed by atoms with van der Waals surface area (Å²) in [6.45, 7) is 0. The molecule has 23 heavy (non-hydrogen) atoms. The number of aromatic hydroxyl groups is 1. The number of phenols is 1. The Morgan fingerprint density at radius 1 is 1.04 bits per heavy atom. The lowest BCUT2D eigenvalue weighted by Gasteiger charge is -2.13. The van der Waals surface area contributed by atoms with E-state index in [2.05, 4.69) is 15.2 Å². The summed E-state index contributed by atoms with van der Waals surface area (Å²) in [7, 11) is 0. The maximum atomic E-state index is 9.37. The van der Waals surface area contributed by atoms with Crippen molar-refractivity contribution in [2.45, 2.75) is 11.6 Å². The van der Waals surface area contributed by atoms with E-state index in [1.54, 1.807) is 41.0 Å². The van der Waals surface area contributed by atoms with Crippen LogP contribution in [0.25, 0.3) is 0 Å². The summed E-state index contributed by atoms with van der Waals surface area (Å²) in [4.78, 5) is 4.04. The van der Waals surface area contributed by atoms with Crippen molar-refractivity contribution in [2.24, 2.45) is 5.10 Å². The fourth-order valence-corrected chi connectivity index (χ4v) is 3.22. The molecule has 0 saturated heterocycles. The zero-order valence-corrected chi connectivity index (χ0v) is 12.9. The lowest BCUT2D eigenvalue weighted by atomic mass is 10.1. The number of benzene rings is 1. The number of hydrogen-bond acceptors (Lipinski definition) is 6. The van der Waals surface area contributed by atoms with Gasteiger partial charge in [-0.1, -0.05) is 23.9 Å². The van der Waals surface area contributed by atoms with Gasteiger partial charge in [0.1, 0.15) is 5.75 Å². The minimum Gasteiger partial charge on any atom is -0.508 e. The van der Waals surface area contributed by atoms with Crippen molar-refractivity contribution in [3.63, 3.8) is 0 Å². The standard InChI is InChI=1S/C16H13N5OS/c22-13-3-1-11(2-4-13)9-15-18-19-16-21(15)20-14(10-23-16)12-5-7-17-8-6-12/h1-8,22H,9-10H2. The molecule has 1 aliphatic rings. The second kappa shape index (κ2) is 5.85. The first-order valence-electron chi connectivity index (χ1n) is 7.13. The lowest BCUT2D eigenvalue weighted by molar-refractivity contribution is 0.475. The summed E-state index contributed by atoms with van der Waals surface area (Å²) >= 11 is 1.62. The molecule has 4 rings (SSSR count). The van der Waals surface area contributed by atoms with Crippen LogP contribution in [0.4, 0.5) is 0 Å². The molecule has 3 aromatic rings. The summed E-state index contributed by atoms with van der Waals surface area (Å²) in [5.74, 6) is 1.80. The third-order valence-corrected chi connectivity index (χ3v) is 4.48. The van der Waals surface area contributed by atoms with E-state index in [1.165, 1.54) is 0 Å². The minimum absolute atomic E-state index is 0.255. The van der Waals surface area contributed by atoms with E-state index >= 15 is 0 Å². The first-order valence-corrected chi connectivity index (χ1v) is 8.11. The number of hydrogen-bond donors (Lipinski definition) is 1. The Morgan fingerprint density at radius 2 is 1.83 bits per heavy atom. The predicted molar refractivity (Wildman–Crippen MR) is 87.8 cm³/mol. The second-order valence-corrected chi connectivity index (χ2v) is 6.07. The Kier molecular flexibility index (Phi) is 3.55. The highest BCUT2D eigenvalue weighted by Gasteiger charge is 2.19. The summed E-state index contributed by atoms with van der Waals surface area (Å²) < 4.78 is 1.80. The molecule has 1 aromatic carbocycles. The van der Waals surface area contributed by atoms with Gasteiger partial charge in [0, 0.05) is 30.1 Å². The molecule has 6 nitrogen and oxygen atoms in total. The quantitative estimate of drug-likeness (QED) is 0.800. The molecule has 0 fully saturated rings. The highest BCUT2D eigenvalue weighted by Crippen LogP contribution is 2.25. The Balaban J connectivity index is 1.67. The molecule has 1 N–H and O–H groups in total. The van der Waals surface area contributed by atoms with E-state index in [-0.39, 0.29) is 5.75 Å². The summed E-state index contributed by atoms with van der Waals surface area (Å²) in [5.41, 5.74) is 3.09. The normalized spacial score (nSPS) is 13.5. The smallest absolute Gasteiger partial charge is 0.212 e. The van der Waals surface area contributed by atoms with Gasteiger partial charge in [0.05, 0.1) is 5.71 Å². The van der Waals surface area contributed by atoms with E-state index in [9.17, 15) is 5.11 Å².